The monoisotopic (exact) mass is 360 g/mol. The summed E-state index contributed by atoms with van der Waals surface area (Å²) >= 11 is 0. The lowest BCUT2D eigenvalue weighted by Gasteiger charge is -2.10. The van der Waals surface area contributed by atoms with Crippen molar-refractivity contribution in [3.63, 3.8) is 0 Å². The molecular weight excluding hydrogens is 340 g/mol. The van der Waals surface area contributed by atoms with Crippen molar-refractivity contribution in [3.8, 4) is 0 Å². The van der Waals surface area contributed by atoms with Gasteiger partial charge in [-0.2, -0.15) is 0 Å². The molecule has 1 amide bonds. The fourth-order valence-electron chi connectivity index (χ4n) is 2.54. The van der Waals surface area contributed by atoms with E-state index in [1.165, 1.54) is 19.3 Å². The predicted octanol–water partition coefficient (Wildman–Crippen LogP) is 4.29. The molecule has 0 atom stereocenters. The number of anilines is 3. The van der Waals surface area contributed by atoms with Gasteiger partial charge in [-0.1, -0.05) is 24.3 Å². The van der Waals surface area contributed by atoms with Crippen LogP contribution in [-0.4, -0.2) is 21.7 Å². The second-order valence-electron chi connectivity index (χ2n) is 6.26. The van der Waals surface area contributed by atoms with Gasteiger partial charge in [0.1, 0.15) is 0 Å². The first-order chi connectivity index (χ1) is 12.9. The highest BCUT2D eigenvalue weighted by Gasteiger charge is 2.10. The molecule has 136 valence electrons. The quantitative estimate of drug-likeness (QED) is 0.663. The van der Waals surface area contributed by atoms with Crippen molar-refractivity contribution in [1.82, 2.24) is 9.97 Å². The van der Waals surface area contributed by atoms with E-state index in [2.05, 4.69) is 20.6 Å². The number of carbonyl (C=O) groups excluding carboxylic acids is 2. The first kappa shape index (κ1) is 18.3. The van der Waals surface area contributed by atoms with Gasteiger partial charge in [-0.15, -0.1) is 0 Å². The van der Waals surface area contributed by atoms with E-state index < -0.39 is 0 Å². The minimum absolute atomic E-state index is 0.0157. The number of Topliss-reactive ketones (excluding diaryl/α,β-unsaturated/α-hetero) is 1. The molecule has 0 saturated heterocycles. The highest BCUT2D eigenvalue weighted by atomic mass is 16.1. The average molecular weight is 360 g/mol. The van der Waals surface area contributed by atoms with Gasteiger partial charge in [0.2, 0.25) is 5.95 Å². The minimum Gasteiger partial charge on any atom is -0.324 e. The minimum atomic E-state index is -0.270. The number of aryl methyl sites for hydroxylation is 1. The van der Waals surface area contributed by atoms with Crippen LogP contribution in [0.5, 0.6) is 0 Å². The van der Waals surface area contributed by atoms with Gasteiger partial charge in [0.15, 0.2) is 5.78 Å². The zero-order chi connectivity index (χ0) is 19.4. The number of nitrogens with one attached hydrogen (secondary N) is 2. The smallest absolute Gasteiger partial charge is 0.258 e. The van der Waals surface area contributed by atoms with E-state index in [1.807, 2.05) is 38.1 Å². The van der Waals surface area contributed by atoms with E-state index in [9.17, 15) is 9.59 Å². The number of amides is 1. The molecule has 2 N–H and O–H groups in total. The Balaban J connectivity index is 1.71. The Morgan fingerprint density at radius 1 is 0.926 bits per heavy atom. The summed E-state index contributed by atoms with van der Waals surface area (Å²) in [5.74, 6) is 0.0610. The molecule has 6 nitrogen and oxygen atoms in total. The van der Waals surface area contributed by atoms with Gasteiger partial charge >= 0.3 is 0 Å². The number of rotatable bonds is 5. The molecule has 0 unspecified atom stereocenters. The van der Waals surface area contributed by atoms with E-state index in [4.69, 9.17) is 0 Å². The van der Waals surface area contributed by atoms with Crippen LogP contribution >= 0.6 is 0 Å². The molecule has 0 bridgehead atoms. The lowest BCUT2D eigenvalue weighted by Crippen LogP contribution is -2.14. The lowest BCUT2D eigenvalue weighted by atomic mass is 10.1. The summed E-state index contributed by atoms with van der Waals surface area (Å²) in [5.41, 5.74) is 4.56. The normalized spacial score (nSPS) is 10.3. The molecule has 0 aliphatic rings. The Kier molecular flexibility index (Phi) is 5.26. The second-order valence-corrected chi connectivity index (χ2v) is 6.26. The van der Waals surface area contributed by atoms with Crippen molar-refractivity contribution in [2.75, 3.05) is 10.6 Å². The zero-order valence-electron chi connectivity index (χ0n) is 15.4. The standard InChI is InChI=1S/C21H20N4O2/c1-13-6-4-9-19(14(13)2)25-20(27)17-11-22-21(23-12-17)24-18-8-5-7-16(10-18)15(3)26/h4-12H,1-3H3,(H,25,27)(H,22,23,24). The number of hydrogen-bond donors (Lipinski definition) is 2. The van der Waals surface area contributed by atoms with E-state index in [0.29, 0.717) is 22.8 Å². The van der Waals surface area contributed by atoms with Gasteiger partial charge in [0, 0.05) is 29.3 Å². The first-order valence-corrected chi connectivity index (χ1v) is 8.51. The van der Waals surface area contributed by atoms with Gasteiger partial charge in [0.25, 0.3) is 5.91 Å². The van der Waals surface area contributed by atoms with Gasteiger partial charge in [0.05, 0.1) is 5.56 Å². The van der Waals surface area contributed by atoms with Gasteiger partial charge in [-0.25, -0.2) is 9.97 Å². The SMILES string of the molecule is CC(=O)c1cccc(Nc2ncc(C(=O)Nc3cccc(C)c3C)cn2)c1. The van der Waals surface area contributed by atoms with Crippen molar-refractivity contribution < 1.29 is 9.59 Å². The van der Waals surface area contributed by atoms with Crippen LogP contribution in [0.15, 0.2) is 54.9 Å². The van der Waals surface area contributed by atoms with Crippen LogP contribution in [0.25, 0.3) is 0 Å². The maximum atomic E-state index is 12.4. The third-order valence-electron chi connectivity index (χ3n) is 4.29. The van der Waals surface area contributed by atoms with Gasteiger partial charge in [-0.3, -0.25) is 9.59 Å². The van der Waals surface area contributed by atoms with Crippen LogP contribution in [0.1, 0.15) is 38.8 Å². The van der Waals surface area contributed by atoms with E-state index in [-0.39, 0.29) is 11.7 Å². The second kappa shape index (κ2) is 7.78. The van der Waals surface area contributed by atoms with Crippen molar-refractivity contribution in [2.24, 2.45) is 0 Å². The molecule has 0 aliphatic heterocycles. The molecular formula is C21H20N4O2. The molecule has 3 aromatic rings. The maximum absolute atomic E-state index is 12.4. The Morgan fingerprint density at radius 2 is 1.63 bits per heavy atom. The van der Waals surface area contributed by atoms with E-state index in [0.717, 1.165) is 16.8 Å². The summed E-state index contributed by atoms with van der Waals surface area (Å²) in [5, 5.41) is 5.91. The Hall–Kier alpha value is -3.54. The molecule has 1 aromatic heterocycles. The van der Waals surface area contributed by atoms with Crippen molar-refractivity contribution >= 4 is 29.0 Å². The largest absolute Gasteiger partial charge is 0.324 e. The Bertz CT molecular complexity index is 997. The molecule has 0 fully saturated rings. The van der Waals surface area contributed by atoms with Gasteiger partial charge < -0.3 is 10.6 Å². The van der Waals surface area contributed by atoms with Crippen LogP contribution in [0.3, 0.4) is 0 Å². The van der Waals surface area contributed by atoms with E-state index in [1.54, 1.807) is 18.2 Å². The van der Waals surface area contributed by atoms with Crippen molar-refractivity contribution in [1.29, 1.82) is 0 Å². The fourth-order valence-corrected chi connectivity index (χ4v) is 2.54. The van der Waals surface area contributed by atoms with Crippen LogP contribution in [0.4, 0.5) is 17.3 Å². The summed E-state index contributed by atoms with van der Waals surface area (Å²) in [7, 11) is 0. The highest BCUT2D eigenvalue weighted by Crippen LogP contribution is 2.19. The topological polar surface area (TPSA) is 84.0 Å². The van der Waals surface area contributed by atoms with Crippen molar-refractivity contribution in [3.05, 3.63) is 77.1 Å². The zero-order valence-corrected chi connectivity index (χ0v) is 15.4. The lowest BCUT2D eigenvalue weighted by molar-refractivity contribution is 0.101. The first-order valence-electron chi connectivity index (χ1n) is 8.51. The third-order valence-corrected chi connectivity index (χ3v) is 4.29. The fraction of sp³-hybridized carbons (Fsp3) is 0.143. The van der Waals surface area contributed by atoms with E-state index >= 15 is 0 Å². The molecule has 0 saturated carbocycles. The highest BCUT2D eigenvalue weighted by molar-refractivity contribution is 6.04. The molecule has 2 aromatic carbocycles. The number of hydrogen-bond acceptors (Lipinski definition) is 5. The number of aromatic nitrogens is 2. The van der Waals surface area contributed by atoms with Crippen LogP contribution in [0, 0.1) is 13.8 Å². The molecule has 0 aliphatic carbocycles. The molecule has 0 radical (unpaired) electrons. The average Bonchev–Trinajstić information content (AvgIpc) is 2.66. The van der Waals surface area contributed by atoms with Crippen molar-refractivity contribution in [2.45, 2.75) is 20.8 Å². The molecule has 0 spiro atoms. The van der Waals surface area contributed by atoms with Gasteiger partial charge in [-0.05, 0) is 50.1 Å². The Labute approximate surface area is 157 Å². The molecule has 1 heterocycles. The summed E-state index contributed by atoms with van der Waals surface area (Å²) < 4.78 is 0. The number of benzene rings is 2. The Morgan fingerprint density at radius 3 is 2.33 bits per heavy atom. The summed E-state index contributed by atoms with van der Waals surface area (Å²) in [4.78, 5) is 32.2. The number of ketones is 1. The van der Waals surface area contributed by atoms with Crippen LogP contribution < -0.4 is 10.6 Å². The number of carbonyl (C=O) groups is 2. The summed E-state index contributed by atoms with van der Waals surface area (Å²) in [6, 6.07) is 12.8. The number of nitrogens with zero attached hydrogens (tertiary/aromatic N) is 2. The predicted molar refractivity (Wildman–Crippen MR) is 106 cm³/mol. The molecule has 27 heavy (non-hydrogen) atoms. The molecule has 6 heteroatoms. The summed E-state index contributed by atoms with van der Waals surface area (Å²) in [6.07, 6.45) is 2.93. The van der Waals surface area contributed by atoms with Crippen LogP contribution in [-0.2, 0) is 0 Å². The summed E-state index contributed by atoms with van der Waals surface area (Å²) in [6.45, 7) is 5.47. The third kappa shape index (κ3) is 4.36. The van der Waals surface area contributed by atoms with Crippen LogP contribution in [0.2, 0.25) is 0 Å². The maximum Gasteiger partial charge on any atom is 0.258 e. The molecule has 3 rings (SSSR count).